The van der Waals surface area contributed by atoms with Crippen LogP contribution in [0.4, 0.5) is 17.6 Å². The van der Waals surface area contributed by atoms with Crippen LogP contribution in [-0.4, -0.2) is 129 Å². The van der Waals surface area contributed by atoms with Crippen molar-refractivity contribution in [1.29, 1.82) is 0 Å². The number of piperidine rings is 1. The Morgan fingerprint density at radius 1 is 0.419 bits per heavy atom. The van der Waals surface area contributed by atoms with Crippen molar-refractivity contribution < 1.29 is 67.1 Å². The third kappa shape index (κ3) is 27.1. The first-order valence-electron chi connectivity index (χ1n) is 42.8. The van der Waals surface area contributed by atoms with Gasteiger partial charge in [-0.15, -0.1) is 56.7 Å². The minimum absolute atomic E-state index is 0.0384. The third-order valence-corrected chi connectivity index (χ3v) is 29.2. The number of aliphatic hydroxyl groups excluding tert-OH is 5. The quantitative estimate of drug-likeness (QED) is 0.0147. The van der Waals surface area contributed by atoms with Gasteiger partial charge in [0.25, 0.3) is 11.8 Å². The normalized spacial score (nSPS) is 14.9. The molecule has 40 heteroatoms. The van der Waals surface area contributed by atoms with E-state index < -0.39 is 46.5 Å². The van der Waals surface area contributed by atoms with Crippen LogP contribution in [0.15, 0.2) is 187 Å². The van der Waals surface area contributed by atoms with Gasteiger partial charge < -0.3 is 90.3 Å². The number of nitrogens with two attached hydrogens (primary N) is 4. The van der Waals surface area contributed by atoms with Gasteiger partial charge in [0, 0.05) is 108 Å². The summed E-state index contributed by atoms with van der Waals surface area (Å²) in [6, 6.07) is 31.7. The molecule has 0 radical (unpaired) electrons. The number of halogens is 8. The number of aryl methyl sites for hydroxylation is 4. The molecule has 0 bridgehead atoms. The number of carbonyl (C=O) groups is 5. The fourth-order valence-corrected chi connectivity index (χ4v) is 19.6. The average molecular weight is 2030 g/mol. The Labute approximate surface area is 821 Å². The van der Waals surface area contributed by atoms with E-state index in [0.717, 1.165) is 119 Å². The lowest BCUT2D eigenvalue weighted by molar-refractivity contribution is -0.119. The third-order valence-electron chi connectivity index (χ3n) is 22.1. The number of rotatable bonds is 30. The van der Waals surface area contributed by atoms with Crippen molar-refractivity contribution in [1.82, 2.24) is 66.8 Å². The van der Waals surface area contributed by atoms with Crippen LogP contribution < -0.4 is 54.8 Å². The lowest BCUT2D eigenvalue weighted by Gasteiger charge is -2.30. The highest BCUT2D eigenvalue weighted by atomic mass is 35.5. The van der Waals surface area contributed by atoms with Crippen molar-refractivity contribution in [3.05, 3.63) is 330 Å². The van der Waals surface area contributed by atoms with Gasteiger partial charge in [-0.2, -0.15) is 0 Å². The Balaban J connectivity index is 0.000000153. The van der Waals surface area contributed by atoms with Gasteiger partial charge in [0.05, 0.1) is 110 Å². The predicted octanol–water partition coefficient (Wildman–Crippen LogP) is 16.2. The van der Waals surface area contributed by atoms with Crippen molar-refractivity contribution >= 4 is 149 Å². The molecule has 6 unspecified atom stereocenters. The number of aromatic amines is 2. The zero-order chi connectivity index (χ0) is 97.6. The van der Waals surface area contributed by atoms with E-state index in [4.69, 9.17) is 79.6 Å². The van der Waals surface area contributed by atoms with Crippen LogP contribution in [0.3, 0.4) is 0 Å². The minimum atomic E-state index is -0.890. The summed E-state index contributed by atoms with van der Waals surface area (Å²) in [6.45, 7) is 8.52. The molecule has 21 N–H and O–H groups in total. The van der Waals surface area contributed by atoms with Gasteiger partial charge in [-0.05, 0) is 170 Å². The van der Waals surface area contributed by atoms with Gasteiger partial charge in [0.1, 0.15) is 64.7 Å². The molecule has 16 rings (SSSR count). The van der Waals surface area contributed by atoms with E-state index in [1.165, 1.54) is 93.2 Å². The first-order chi connectivity index (χ1) is 65.4. The van der Waals surface area contributed by atoms with Crippen molar-refractivity contribution in [2.75, 3.05) is 32.7 Å². The van der Waals surface area contributed by atoms with E-state index in [-0.39, 0.29) is 123 Å². The van der Waals surface area contributed by atoms with Gasteiger partial charge in [-0.25, -0.2) is 42.5 Å². The van der Waals surface area contributed by atoms with E-state index in [1.807, 2.05) is 99.7 Å². The highest BCUT2D eigenvalue weighted by molar-refractivity contribution is 7.13. The zero-order valence-corrected chi connectivity index (χ0v) is 80.9. The topological polar surface area (TPSA) is 459 Å². The molecule has 6 atom stereocenters. The molecule has 5 amide bonds. The molecule has 8 heterocycles. The number of carbonyl (C=O) groups excluding carboxylic acids is 5. The number of aliphatic hydroxyl groups is 5. The van der Waals surface area contributed by atoms with Gasteiger partial charge in [0.2, 0.25) is 17.7 Å². The second-order valence-corrected chi connectivity index (χ2v) is 38.8. The first-order valence-corrected chi connectivity index (χ1v) is 48.4. The van der Waals surface area contributed by atoms with Gasteiger partial charge in [-0.3, -0.25) is 24.0 Å². The molecule has 0 saturated carbocycles. The summed E-state index contributed by atoms with van der Waals surface area (Å²) in [5, 5.41) is 68.9. The maximum Gasteiger partial charge on any atom is 0.268 e. The molecule has 1 aliphatic heterocycles. The Kier molecular flexibility index (Phi) is 37.8. The smallest absolute Gasteiger partial charge is 0.268 e. The van der Waals surface area contributed by atoms with Crippen LogP contribution in [0, 0.1) is 51.0 Å². The molecular formula is C96H99Cl4F4N17O10S5. The Morgan fingerprint density at radius 3 is 1.21 bits per heavy atom. The summed E-state index contributed by atoms with van der Waals surface area (Å²) in [4.78, 5) is 94.9. The van der Waals surface area contributed by atoms with Gasteiger partial charge in [0.15, 0.2) is 0 Å². The van der Waals surface area contributed by atoms with E-state index in [9.17, 15) is 56.9 Å². The van der Waals surface area contributed by atoms with Gasteiger partial charge >= 0.3 is 0 Å². The van der Waals surface area contributed by atoms with Crippen LogP contribution >= 0.6 is 103 Å². The molecule has 136 heavy (non-hydrogen) atoms. The minimum Gasteiger partial charge on any atom is -0.391 e. The number of nitrogens with zero attached hydrogens (tertiary/aromatic N) is 5. The summed E-state index contributed by atoms with van der Waals surface area (Å²) in [5.41, 5.74) is 36.3. The van der Waals surface area contributed by atoms with E-state index in [1.54, 1.807) is 49.5 Å². The largest absolute Gasteiger partial charge is 0.391 e. The summed E-state index contributed by atoms with van der Waals surface area (Å²) in [7, 11) is 0. The summed E-state index contributed by atoms with van der Waals surface area (Å²) in [6.07, 6.45) is 18.6. The summed E-state index contributed by atoms with van der Waals surface area (Å²) in [5.74, 6) is -3.78. The number of aromatic nitrogens is 7. The Morgan fingerprint density at radius 2 is 0.801 bits per heavy atom. The molecule has 7 aromatic heterocycles. The molecule has 1 saturated heterocycles. The Hall–Kier alpha value is -10.9. The summed E-state index contributed by atoms with van der Waals surface area (Å²) < 4.78 is 54.7. The number of nitrogens with one attached hydrogen (secondary N) is 8. The van der Waals surface area contributed by atoms with Crippen LogP contribution in [-0.2, 0) is 47.4 Å². The predicted molar refractivity (Wildman–Crippen MR) is 528 cm³/mol. The maximum atomic E-state index is 13.8. The second-order valence-electron chi connectivity index (χ2n) is 31.5. The second kappa shape index (κ2) is 49.4. The SMILES string of the molecule is Cc1ccc(C2=CC=C(C(=O)NC(CN)c3ncc(CO)s3)C2)cc1F.Cc1nc(C(CN)NC(=O)C2=CC=C(c3ccc(Cl)c(F)c3)C2)sc1CO.Cc1nc(C(CN)NC(=O)C2=CC=C(c3ccc(Cl)cc3)C2)sc1CO.Cc1nc(C(NC(=O)c2ccc(-c3ccc(Cl)cc3)[nH]2)C2CCCCN2)sc1CO.NCC(NC(=O)c1ccc(-c2cc(F)c(Cl)c(F)c2)[nH]1)c1ncc(CO)s1. The molecule has 0 spiro atoms. The van der Waals surface area contributed by atoms with Crippen LogP contribution in [0.2, 0.25) is 20.1 Å². The molecule has 714 valence electrons. The van der Waals surface area contributed by atoms with E-state index in [2.05, 4.69) is 66.8 Å². The number of H-pyrrole nitrogens is 2. The fraction of sp³-hybridized carbons (Fsp3) is 0.271. The highest BCUT2D eigenvalue weighted by Gasteiger charge is 2.33. The van der Waals surface area contributed by atoms with Crippen LogP contribution in [0.25, 0.3) is 39.2 Å². The van der Waals surface area contributed by atoms with Crippen molar-refractivity contribution in [3.8, 4) is 22.5 Å². The number of thiazole rings is 5. The molecule has 5 aromatic carbocycles. The number of allylic oxidation sites excluding steroid dienone is 9. The molecule has 12 aromatic rings. The molecule has 27 nitrogen and oxygen atoms in total. The van der Waals surface area contributed by atoms with Crippen molar-refractivity contribution in [2.45, 2.75) is 136 Å². The van der Waals surface area contributed by atoms with E-state index in [0.29, 0.717) is 93.4 Å². The number of amides is 5. The number of hydrogen-bond donors (Lipinski definition) is 17. The number of hydrogen-bond acceptors (Lipinski definition) is 25. The van der Waals surface area contributed by atoms with Crippen LogP contribution in [0.5, 0.6) is 0 Å². The first kappa shape index (κ1) is 104. The standard InChI is InChI=1S/C22H25ClN4O2S.C19H19ClFN3O2S.C19H20ClN3O2S.C19H20FN3O2S.C17H15ClF2N4O2S/c1-13-19(12-28)30-22(25-13)20(17-4-2-3-11-24-17)27-21(29)18-10-9-16(26-18)14-5-7-15(23)8-6-14;1-10-17(9-25)27-19(23-10)16(8-22)24-18(26)13-3-2-11(6-13)12-4-5-14(20)15(21)7-12;1-11-17(10-24)26-19(22-11)16(9-21)23-18(25)14-3-2-13(8-14)12-4-6-15(20)7-5-12;1-11-2-3-13(7-16(11)20)12-4-5-14(6-12)18(25)23-17(8-21)19-22-9-15(10-24)26-19;18-15-10(19)3-8(4-11(15)20)12-1-2-13(23-12)16(26)24-14(5-21)17-22-6-9(7-25)27-17/h5-10,17,20,24,26,28H,2-4,11-12H2,1H3,(H,27,29);2-5,7,16,25H,6,8-9,22H2,1H3,(H,24,26);2-7,16,24H,8-10,21H2,1H3,(H,23,25);2-5,7,9,17,24H,6,8,10,21H2,1H3,(H,23,25);1-4,6,14,23,25H,5,7,21H2,(H,24,26). The summed E-state index contributed by atoms with van der Waals surface area (Å²) >= 11 is 29.8. The monoisotopic (exact) mass is 2030 g/mol. The molecule has 1 fully saturated rings. The van der Waals surface area contributed by atoms with Crippen molar-refractivity contribution in [3.63, 3.8) is 0 Å². The lowest BCUT2D eigenvalue weighted by atomic mass is 9.98. The molecule has 4 aliphatic rings. The van der Waals surface area contributed by atoms with Gasteiger partial charge in [-0.1, -0.05) is 132 Å². The number of benzene rings is 5. The fourth-order valence-electron chi connectivity index (χ4n) is 14.4. The maximum absolute atomic E-state index is 13.8. The zero-order valence-electron chi connectivity index (χ0n) is 73.8. The molecular weight excluding hydrogens is 1930 g/mol. The van der Waals surface area contributed by atoms with Crippen LogP contribution in [0.1, 0.15) is 178 Å². The lowest BCUT2D eigenvalue weighted by Crippen LogP contribution is -2.46. The highest BCUT2D eigenvalue weighted by Crippen LogP contribution is 2.38. The Bertz CT molecular complexity index is 6440. The molecule has 3 aliphatic carbocycles. The van der Waals surface area contributed by atoms with Crippen molar-refractivity contribution in [2.24, 2.45) is 22.9 Å². The average Bonchev–Trinajstić information content (AvgIpc) is 1.70. The van der Waals surface area contributed by atoms with E-state index >= 15 is 0 Å².